The molecule has 0 aromatic heterocycles. The number of carbonyl (C=O) groups is 1. The quantitative estimate of drug-likeness (QED) is 0.647. The zero-order chi connectivity index (χ0) is 20.7. The number of allylic oxidation sites excluding steroid dienone is 7. The van der Waals surface area contributed by atoms with Gasteiger partial charge in [-0.25, -0.2) is 4.99 Å². The molecule has 0 bridgehead atoms. The summed E-state index contributed by atoms with van der Waals surface area (Å²) >= 11 is 0. The molecule has 0 radical (unpaired) electrons. The number of hydrazone groups is 1. The number of amidine groups is 1. The third kappa shape index (κ3) is 5.52. The predicted molar refractivity (Wildman–Crippen MR) is 118 cm³/mol. The van der Waals surface area contributed by atoms with E-state index in [9.17, 15) is 4.79 Å². The highest BCUT2D eigenvalue weighted by molar-refractivity contribution is 6.33. The van der Waals surface area contributed by atoms with Gasteiger partial charge in [0.1, 0.15) is 5.71 Å². The summed E-state index contributed by atoms with van der Waals surface area (Å²) in [5.41, 5.74) is 8.66. The van der Waals surface area contributed by atoms with Gasteiger partial charge in [-0.2, -0.15) is 5.10 Å². The average molecular weight is 379 g/mol. The van der Waals surface area contributed by atoms with E-state index in [-0.39, 0.29) is 5.91 Å². The number of hydrogen-bond acceptors (Lipinski definition) is 3. The summed E-state index contributed by atoms with van der Waals surface area (Å²) < 4.78 is 0. The van der Waals surface area contributed by atoms with Crippen LogP contribution in [0, 0.1) is 5.92 Å². The Kier molecular flexibility index (Phi) is 7.50. The Morgan fingerprint density at radius 1 is 1.50 bits per heavy atom. The van der Waals surface area contributed by atoms with Crippen molar-refractivity contribution in [3.63, 3.8) is 0 Å². The summed E-state index contributed by atoms with van der Waals surface area (Å²) in [4.78, 5) is 15.5. The first-order chi connectivity index (χ1) is 13.3. The molecule has 1 amide bonds. The molecule has 2 aliphatic rings. The maximum absolute atomic E-state index is 10.9. The van der Waals surface area contributed by atoms with E-state index in [1.165, 1.54) is 12.5 Å². The Hall–Kier alpha value is -2.95. The predicted octanol–water partition coefficient (Wildman–Crippen LogP) is 4.36. The van der Waals surface area contributed by atoms with Crippen LogP contribution in [0.15, 0.2) is 81.6 Å². The van der Waals surface area contributed by atoms with E-state index in [2.05, 4.69) is 66.9 Å². The highest BCUT2D eigenvalue weighted by Crippen LogP contribution is 2.27. The zero-order valence-electron chi connectivity index (χ0n) is 17.3. The van der Waals surface area contributed by atoms with Crippen LogP contribution >= 0.6 is 0 Å². The van der Waals surface area contributed by atoms with Gasteiger partial charge in [0, 0.05) is 24.6 Å². The summed E-state index contributed by atoms with van der Waals surface area (Å²) in [5.74, 6) is 1.14. The van der Waals surface area contributed by atoms with Crippen molar-refractivity contribution in [3.05, 3.63) is 71.5 Å². The van der Waals surface area contributed by atoms with Crippen molar-refractivity contribution in [2.45, 2.75) is 40.5 Å². The van der Waals surface area contributed by atoms with Crippen LogP contribution in [0.3, 0.4) is 0 Å². The van der Waals surface area contributed by atoms with Gasteiger partial charge in [0.2, 0.25) is 5.91 Å². The third-order valence-electron chi connectivity index (χ3n) is 4.65. The van der Waals surface area contributed by atoms with Crippen LogP contribution in [0.25, 0.3) is 0 Å². The van der Waals surface area contributed by atoms with E-state index < -0.39 is 0 Å². The van der Waals surface area contributed by atoms with Crippen molar-refractivity contribution in [1.82, 2.24) is 10.7 Å². The molecule has 28 heavy (non-hydrogen) atoms. The molecule has 1 aliphatic heterocycles. The number of aliphatic imine (C=N–C) groups is 1. The Labute approximate surface area is 168 Å². The van der Waals surface area contributed by atoms with Crippen molar-refractivity contribution < 1.29 is 4.79 Å². The minimum Gasteiger partial charge on any atom is -0.353 e. The van der Waals surface area contributed by atoms with Crippen LogP contribution in [0.5, 0.6) is 0 Å². The first-order valence-electron chi connectivity index (χ1n) is 9.64. The fourth-order valence-corrected chi connectivity index (χ4v) is 3.08. The van der Waals surface area contributed by atoms with Crippen LogP contribution in [0.4, 0.5) is 0 Å². The summed E-state index contributed by atoms with van der Waals surface area (Å²) in [7, 11) is 0. The van der Waals surface area contributed by atoms with E-state index in [4.69, 9.17) is 0 Å². The van der Waals surface area contributed by atoms with Gasteiger partial charge >= 0.3 is 0 Å². The molecule has 0 saturated heterocycles. The summed E-state index contributed by atoms with van der Waals surface area (Å²) in [6, 6.07) is 0. The van der Waals surface area contributed by atoms with Crippen molar-refractivity contribution in [3.8, 4) is 0 Å². The molecule has 148 valence electrons. The normalized spacial score (nSPS) is 21.4. The monoisotopic (exact) mass is 378 g/mol. The van der Waals surface area contributed by atoms with Crippen LogP contribution in [0.1, 0.15) is 40.5 Å². The topological polar surface area (TPSA) is 65.8 Å². The van der Waals surface area contributed by atoms with E-state index in [1.54, 1.807) is 0 Å². The maximum Gasteiger partial charge on any atom is 0.217 e. The number of amides is 1. The molecular formula is C23H30N4O. The van der Waals surface area contributed by atoms with Gasteiger partial charge in [0.05, 0.1) is 5.70 Å². The van der Waals surface area contributed by atoms with Gasteiger partial charge in [0.25, 0.3) is 0 Å². The molecule has 5 nitrogen and oxygen atoms in total. The van der Waals surface area contributed by atoms with E-state index >= 15 is 0 Å². The molecule has 5 heteroatoms. The van der Waals surface area contributed by atoms with Gasteiger partial charge in [-0.3, -0.25) is 10.2 Å². The molecule has 1 unspecified atom stereocenters. The van der Waals surface area contributed by atoms with Crippen LogP contribution in [-0.4, -0.2) is 24.0 Å². The van der Waals surface area contributed by atoms with E-state index in [0.717, 1.165) is 35.3 Å². The molecule has 0 spiro atoms. The average Bonchev–Trinajstić information content (AvgIpc) is 2.98. The standard InChI is InChI=1S/C23H30N4O/c1-7-20(10-8-9-13-24-19(6)28)18(5)25-23-17(4)22(26-27-23)21-12-11-15(2)14-16(21)3/h8-10,12,14-15H,4-5,7,11,13H2,1-3,6H3,(H,24,28)(H,25,27)/b9-8-,20-10+. The summed E-state index contributed by atoms with van der Waals surface area (Å²) in [6.45, 7) is 16.6. The number of rotatable bonds is 7. The fourth-order valence-electron chi connectivity index (χ4n) is 3.08. The Balaban J connectivity index is 2.07. The second-order valence-corrected chi connectivity index (χ2v) is 7.05. The Bertz CT molecular complexity index is 850. The van der Waals surface area contributed by atoms with Crippen molar-refractivity contribution >= 4 is 17.5 Å². The minimum absolute atomic E-state index is 0.0469. The summed E-state index contributed by atoms with van der Waals surface area (Å²) in [5, 5.41) is 7.17. The van der Waals surface area contributed by atoms with Crippen LogP contribution in [0.2, 0.25) is 0 Å². The van der Waals surface area contributed by atoms with Gasteiger partial charge in [-0.05, 0) is 36.8 Å². The molecule has 1 heterocycles. The van der Waals surface area contributed by atoms with E-state index in [1.807, 2.05) is 18.2 Å². The molecule has 2 rings (SSSR count). The number of nitrogens with one attached hydrogen (secondary N) is 2. The minimum atomic E-state index is -0.0469. The first-order valence-corrected chi connectivity index (χ1v) is 9.64. The third-order valence-corrected chi connectivity index (χ3v) is 4.65. The molecule has 0 saturated carbocycles. The smallest absolute Gasteiger partial charge is 0.217 e. The second-order valence-electron chi connectivity index (χ2n) is 7.05. The van der Waals surface area contributed by atoms with Crippen LogP contribution < -0.4 is 10.7 Å². The summed E-state index contributed by atoms with van der Waals surface area (Å²) in [6.07, 6.45) is 12.0. The number of nitrogens with zero attached hydrogens (tertiary/aromatic N) is 2. The highest BCUT2D eigenvalue weighted by Gasteiger charge is 2.24. The zero-order valence-corrected chi connectivity index (χ0v) is 17.3. The molecule has 1 atom stereocenters. The van der Waals surface area contributed by atoms with Crippen molar-refractivity contribution in [1.29, 1.82) is 0 Å². The lowest BCUT2D eigenvalue weighted by Gasteiger charge is -2.16. The van der Waals surface area contributed by atoms with Gasteiger partial charge < -0.3 is 5.32 Å². The van der Waals surface area contributed by atoms with Crippen molar-refractivity contribution in [2.75, 3.05) is 6.54 Å². The van der Waals surface area contributed by atoms with Gasteiger partial charge in [-0.1, -0.05) is 57.4 Å². The first kappa shape index (κ1) is 21.4. The molecule has 0 fully saturated rings. The lowest BCUT2D eigenvalue weighted by atomic mass is 9.88. The van der Waals surface area contributed by atoms with E-state index in [0.29, 0.717) is 24.0 Å². The molecule has 1 aliphatic carbocycles. The van der Waals surface area contributed by atoms with Crippen LogP contribution in [-0.2, 0) is 4.79 Å². The second kappa shape index (κ2) is 9.83. The molecule has 0 aromatic rings. The lowest BCUT2D eigenvalue weighted by molar-refractivity contribution is -0.118. The largest absolute Gasteiger partial charge is 0.353 e. The lowest BCUT2D eigenvalue weighted by Crippen LogP contribution is -2.19. The molecule has 2 N–H and O–H groups in total. The molecular weight excluding hydrogens is 348 g/mol. The molecule has 0 aromatic carbocycles. The van der Waals surface area contributed by atoms with Gasteiger partial charge in [-0.15, -0.1) is 0 Å². The fraction of sp³-hybridized carbons (Fsp3) is 0.348. The highest BCUT2D eigenvalue weighted by atomic mass is 16.1. The number of hydrogen-bond donors (Lipinski definition) is 2. The SMILES string of the molecule is C=C1C(=NC(=C)/C(=C/C=C\CNC(C)=O)CC)NN=C1C1=CCC(C)C=C1C. The van der Waals surface area contributed by atoms with Crippen molar-refractivity contribution in [2.24, 2.45) is 16.0 Å². The van der Waals surface area contributed by atoms with Gasteiger partial charge in [0.15, 0.2) is 5.84 Å². The number of carbonyl (C=O) groups excluding carboxylic acids is 1. The Morgan fingerprint density at radius 3 is 2.89 bits per heavy atom. The maximum atomic E-state index is 10.9. The Morgan fingerprint density at radius 2 is 2.25 bits per heavy atom.